The van der Waals surface area contributed by atoms with E-state index in [1.165, 1.54) is 5.39 Å². The zero-order valence-electron chi connectivity index (χ0n) is 12.7. The van der Waals surface area contributed by atoms with Crippen molar-refractivity contribution < 1.29 is 4.74 Å². The van der Waals surface area contributed by atoms with Crippen LogP contribution in [-0.2, 0) is 0 Å². The standard InChI is InChI=1S/C19H16ClNOS/c1-2-21(19(23)22-16-12-10-15(20)11-13-16)18-9-5-7-14-6-3-4-8-17(14)18/h3-13H,2H2,1H3. The van der Waals surface area contributed by atoms with Gasteiger partial charge in [-0.1, -0.05) is 48.0 Å². The van der Waals surface area contributed by atoms with Gasteiger partial charge >= 0.3 is 0 Å². The molecule has 0 N–H and O–H groups in total. The molecule has 0 saturated carbocycles. The highest BCUT2D eigenvalue weighted by Gasteiger charge is 2.14. The number of hydrogen-bond acceptors (Lipinski definition) is 2. The predicted octanol–water partition coefficient (Wildman–Crippen LogP) is 5.68. The average Bonchev–Trinajstić information content (AvgIpc) is 2.58. The number of nitrogens with zero attached hydrogens (tertiary/aromatic N) is 1. The highest BCUT2D eigenvalue weighted by molar-refractivity contribution is 7.80. The summed E-state index contributed by atoms with van der Waals surface area (Å²) in [5.74, 6) is 0.679. The Balaban J connectivity index is 1.91. The van der Waals surface area contributed by atoms with E-state index in [-0.39, 0.29) is 0 Å². The fourth-order valence-corrected chi connectivity index (χ4v) is 2.95. The summed E-state index contributed by atoms with van der Waals surface area (Å²) in [6.07, 6.45) is 0. The number of hydrogen-bond donors (Lipinski definition) is 0. The van der Waals surface area contributed by atoms with Crippen molar-refractivity contribution in [1.82, 2.24) is 0 Å². The Morgan fingerprint density at radius 3 is 2.43 bits per heavy atom. The largest absolute Gasteiger partial charge is 0.432 e. The van der Waals surface area contributed by atoms with Crippen molar-refractivity contribution in [2.24, 2.45) is 0 Å². The van der Waals surface area contributed by atoms with E-state index in [2.05, 4.69) is 31.2 Å². The van der Waals surface area contributed by atoms with E-state index in [1.54, 1.807) is 12.1 Å². The van der Waals surface area contributed by atoms with E-state index in [1.807, 2.05) is 35.2 Å². The lowest BCUT2D eigenvalue weighted by atomic mass is 10.1. The van der Waals surface area contributed by atoms with E-state index in [0.717, 1.165) is 17.6 Å². The van der Waals surface area contributed by atoms with Gasteiger partial charge in [0.2, 0.25) is 0 Å². The Kier molecular flexibility index (Phi) is 4.79. The molecular weight excluding hydrogens is 326 g/mol. The second kappa shape index (κ2) is 6.99. The van der Waals surface area contributed by atoms with Crippen LogP contribution in [0.1, 0.15) is 6.92 Å². The number of anilines is 1. The van der Waals surface area contributed by atoms with Crippen molar-refractivity contribution in [3.63, 3.8) is 0 Å². The van der Waals surface area contributed by atoms with Gasteiger partial charge in [0.05, 0.1) is 5.69 Å². The Morgan fingerprint density at radius 1 is 1.00 bits per heavy atom. The number of benzene rings is 3. The molecule has 0 unspecified atom stereocenters. The fourth-order valence-electron chi connectivity index (χ4n) is 2.50. The Bertz CT molecular complexity index is 827. The second-order valence-corrected chi connectivity index (χ2v) is 5.85. The topological polar surface area (TPSA) is 12.5 Å². The monoisotopic (exact) mass is 341 g/mol. The average molecular weight is 342 g/mol. The SMILES string of the molecule is CCN(C(=S)Oc1ccc(Cl)cc1)c1cccc2ccccc12. The van der Waals surface area contributed by atoms with Crippen LogP contribution < -0.4 is 9.64 Å². The molecule has 0 aliphatic carbocycles. The Morgan fingerprint density at radius 2 is 1.70 bits per heavy atom. The maximum absolute atomic E-state index is 5.90. The van der Waals surface area contributed by atoms with E-state index < -0.39 is 0 Å². The molecule has 0 aromatic heterocycles. The first-order valence-corrected chi connectivity index (χ1v) is 8.20. The van der Waals surface area contributed by atoms with Crippen molar-refractivity contribution in [2.75, 3.05) is 11.4 Å². The van der Waals surface area contributed by atoms with Crippen molar-refractivity contribution in [1.29, 1.82) is 0 Å². The fraction of sp³-hybridized carbons (Fsp3) is 0.105. The summed E-state index contributed by atoms with van der Waals surface area (Å²) >= 11 is 11.4. The zero-order chi connectivity index (χ0) is 16.2. The molecule has 0 heterocycles. The first-order valence-electron chi connectivity index (χ1n) is 7.41. The third-order valence-corrected chi connectivity index (χ3v) is 4.17. The van der Waals surface area contributed by atoms with Crippen LogP contribution in [0.3, 0.4) is 0 Å². The molecule has 3 rings (SSSR count). The van der Waals surface area contributed by atoms with Gasteiger partial charge in [-0.3, -0.25) is 0 Å². The molecule has 0 fully saturated rings. The highest BCUT2D eigenvalue weighted by Crippen LogP contribution is 2.27. The van der Waals surface area contributed by atoms with Gasteiger partial charge in [0, 0.05) is 17.0 Å². The maximum atomic E-state index is 5.90. The Hall–Kier alpha value is -2.10. The molecule has 0 aliphatic rings. The van der Waals surface area contributed by atoms with E-state index in [4.69, 9.17) is 28.6 Å². The molecule has 0 aliphatic heterocycles. The number of fused-ring (bicyclic) bond motifs is 1. The van der Waals surface area contributed by atoms with Crippen molar-refractivity contribution in [3.8, 4) is 5.75 Å². The maximum Gasteiger partial charge on any atom is 0.269 e. The molecule has 0 atom stereocenters. The molecule has 23 heavy (non-hydrogen) atoms. The van der Waals surface area contributed by atoms with E-state index >= 15 is 0 Å². The number of rotatable bonds is 3. The van der Waals surface area contributed by atoms with E-state index in [9.17, 15) is 0 Å². The minimum Gasteiger partial charge on any atom is -0.432 e. The van der Waals surface area contributed by atoms with Crippen LogP contribution in [-0.4, -0.2) is 11.7 Å². The number of ether oxygens (including phenoxy) is 1. The van der Waals surface area contributed by atoms with Crippen molar-refractivity contribution in [2.45, 2.75) is 6.92 Å². The van der Waals surface area contributed by atoms with Gasteiger partial charge in [0.15, 0.2) is 0 Å². The summed E-state index contributed by atoms with van der Waals surface area (Å²) in [4.78, 5) is 1.99. The molecule has 0 bridgehead atoms. The van der Waals surface area contributed by atoms with Crippen LogP contribution in [0.5, 0.6) is 5.75 Å². The van der Waals surface area contributed by atoms with Crippen LogP contribution in [0, 0.1) is 0 Å². The summed E-state index contributed by atoms with van der Waals surface area (Å²) in [6, 6.07) is 21.6. The van der Waals surface area contributed by atoms with Crippen LogP contribution in [0.4, 0.5) is 5.69 Å². The molecule has 3 aromatic carbocycles. The second-order valence-electron chi connectivity index (χ2n) is 5.06. The van der Waals surface area contributed by atoms with Crippen LogP contribution in [0.25, 0.3) is 10.8 Å². The van der Waals surface area contributed by atoms with Gasteiger partial charge < -0.3 is 9.64 Å². The first-order chi connectivity index (χ1) is 11.2. The first kappa shape index (κ1) is 15.8. The number of halogens is 1. The summed E-state index contributed by atoms with van der Waals surface area (Å²) in [5, 5.41) is 3.42. The third kappa shape index (κ3) is 3.46. The minimum atomic E-state index is 0.422. The summed E-state index contributed by atoms with van der Waals surface area (Å²) < 4.78 is 5.82. The zero-order valence-corrected chi connectivity index (χ0v) is 14.3. The lowest BCUT2D eigenvalue weighted by molar-refractivity contribution is 0.548. The summed E-state index contributed by atoms with van der Waals surface area (Å²) in [7, 11) is 0. The molecule has 116 valence electrons. The van der Waals surface area contributed by atoms with E-state index in [0.29, 0.717) is 15.9 Å². The molecule has 0 amide bonds. The molecule has 3 aromatic rings. The lowest BCUT2D eigenvalue weighted by Crippen LogP contribution is -2.33. The molecule has 2 nitrogen and oxygen atoms in total. The predicted molar refractivity (Wildman–Crippen MR) is 102 cm³/mol. The van der Waals surface area contributed by atoms with Gasteiger partial charge in [-0.15, -0.1) is 0 Å². The van der Waals surface area contributed by atoms with Crippen LogP contribution in [0.15, 0.2) is 66.7 Å². The highest BCUT2D eigenvalue weighted by atomic mass is 35.5. The van der Waals surface area contributed by atoms with Crippen LogP contribution in [0.2, 0.25) is 5.02 Å². The van der Waals surface area contributed by atoms with Crippen molar-refractivity contribution in [3.05, 3.63) is 71.8 Å². The van der Waals surface area contributed by atoms with Gasteiger partial charge in [-0.25, -0.2) is 0 Å². The smallest absolute Gasteiger partial charge is 0.269 e. The van der Waals surface area contributed by atoms with Gasteiger partial charge in [0.1, 0.15) is 5.75 Å². The van der Waals surface area contributed by atoms with Gasteiger partial charge in [-0.2, -0.15) is 0 Å². The molecule has 0 radical (unpaired) electrons. The van der Waals surface area contributed by atoms with Crippen molar-refractivity contribution >= 4 is 45.5 Å². The van der Waals surface area contributed by atoms with Crippen LogP contribution >= 0.6 is 23.8 Å². The Labute approximate surface area is 146 Å². The third-order valence-electron chi connectivity index (χ3n) is 3.61. The quantitative estimate of drug-likeness (QED) is 0.568. The lowest BCUT2D eigenvalue weighted by Gasteiger charge is -2.24. The van der Waals surface area contributed by atoms with Gasteiger partial charge in [0.25, 0.3) is 5.17 Å². The van der Waals surface area contributed by atoms with Gasteiger partial charge in [-0.05, 0) is 54.9 Å². The normalized spacial score (nSPS) is 10.5. The number of thiocarbonyl (C=S) groups is 1. The molecular formula is C19H16ClNOS. The molecule has 0 saturated heterocycles. The molecule has 4 heteroatoms. The minimum absolute atomic E-state index is 0.422. The molecule has 0 spiro atoms. The summed E-state index contributed by atoms with van der Waals surface area (Å²) in [6.45, 7) is 2.78. The summed E-state index contributed by atoms with van der Waals surface area (Å²) in [5.41, 5.74) is 1.05.